The number of amides is 1. The molecule has 3 N–H and O–H groups in total. The molecule has 0 fully saturated rings. The molecule has 0 atom stereocenters. The third-order valence-corrected chi connectivity index (χ3v) is 3.33. The highest BCUT2D eigenvalue weighted by Gasteiger charge is 2.09. The number of anilines is 2. The van der Waals surface area contributed by atoms with Gasteiger partial charge in [-0.2, -0.15) is 0 Å². The summed E-state index contributed by atoms with van der Waals surface area (Å²) in [5.74, 6) is -0.112. The van der Waals surface area contributed by atoms with Gasteiger partial charge in [0.25, 0.3) is 5.91 Å². The van der Waals surface area contributed by atoms with Crippen molar-refractivity contribution in [2.24, 2.45) is 0 Å². The van der Waals surface area contributed by atoms with E-state index in [-0.39, 0.29) is 17.4 Å². The van der Waals surface area contributed by atoms with E-state index in [1.165, 1.54) is 12.1 Å². The molecule has 0 aliphatic carbocycles. The lowest BCUT2D eigenvalue weighted by Crippen LogP contribution is -2.14. The van der Waals surface area contributed by atoms with Crippen molar-refractivity contribution < 1.29 is 4.79 Å². The van der Waals surface area contributed by atoms with Gasteiger partial charge in [0, 0.05) is 10.2 Å². The molecule has 92 valence electrons. The van der Waals surface area contributed by atoms with Gasteiger partial charge in [-0.3, -0.25) is 4.79 Å². The number of nitrogens with one attached hydrogen (secondary N) is 1. The third kappa shape index (κ3) is 2.96. The molecule has 1 amide bonds. The van der Waals surface area contributed by atoms with Gasteiger partial charge in [-0.05, 0) is 46.3 Å². The van der Waals surface area contributed by atoms with Crippen molar-refractivity contribution >= 4 is 44.9 Å². The van der Waals surface area contributed by atoms with E-state index in [0.29, 0.717) is 10.7 Å². The number of nitrogens with two attached hydrogens (primary N) is 1. The van der Waals surface area contributed by atoms with Crippen LogP contribution in [-0.2, 0) is 0 Å². The molecule has 1 aromatic heterocycles. The van der Waals surface area contributed by atoms with Crippen LogP contribution in [0.4, 0.5) is 11.5 Å². The van der Waals surface area contributed by atoms with Crippen LogP contribution in [0.25, 0.3) is 0 Å². The van der Waals surface area contributed by atoms with Gasteiger partial charge < -0.3 is 11.1 Å². The Bertz CT molecular complexity index is 588. The third-order valence-electron chi connectivity index (χ3n) is 2.10. The maximum absolute atomic E-state index is 11.8. The maximum atomic E-state index is 11.8. The van der Waals surface area contributed by atoms with Crippen molar-refractivity contribution in [3.05, 3.63) is 45.5 Å². The van der Waals surface area contributed by atoms with Gasteiger partial charge >= 0.3 is 0 Å². The number of nitrogens with zero attached hydrogens (tertiary/aromatic N) is 2. The van der Waals surface area contributed by atoms with Gasteiger partial charge in [0.2, 0.25) is 0 Å². The standard InChI is InChI=1S/C11H8BrClN4O/c12-7-2-1-6(5-8(7)13)15-11(18)9-3-4-10(14)17-16-9/h1-5H,(H2,14,17)(H,15,18). The molecule has 0 aliphatic rings. The molecule has 0 bridgehead atoms. The highest BCUT2D eigenvalue weighted by atomic mass is 79.9. The van der Waals surface area contributed by atoms with Crippen molar-refractivity contribution in [3.63, 3.8) is 0 Å². The van der Waals surface area contributed by atoms with Crippen LogP contribution < -0.4 is 11.1 Å². The Hall–Kier alpha value is -1.66. The average molecular weight is 328 g/mol. The van der Waals surface area contributed by atoms with E-state index in [1.807, 2.05) is 0 Å². The van der Waals surface area contributed by atoms with Crippen LogP contribution in [0.2, 0.25) is 5.02 Å². The first-order valence-corrected chi connectivity index (χ1v) is 6.09. The minimum atomic E-state index is -0.374. The summed E-state index contributed by atoms with van der Waals surface area (Å²) in [4.78, 5) is 11.8. The van der Waals surface area contributed by atoms with E-state index in [1.54, 1.807) is 18.2 Å². The molecule has 0 spiro atoms. The van der Waals surface area contributed by atoms with Crippen LogP contribution in [0.1, 0.15) is 10.5 Å². The van der Waals surface area contributed by atoms with E-state index in [2.05, 4.69) is 31.4 Å². The number of carbonyl (C=O) groups is 1. The van der Waals surface area contributed by atoms with E-state index in [0.717, 1.165) is 4.47 Å². The van der Waals surface area contributed by atoms with E-state index in [9.17, 15) is 4.79 Å². The predicted octanol–water partition coefficient (Wildman–Crippen LogP) is 2.73. The maximum Gasteiger partial charge on any atom is 0.276 e. The monoisotopic (exact) mass is 326 g/mol. The Morgan fingerprint density at radius 1 is 1.28 bits per heavy atom. The van der Waals surface area contributed by atoms with Crippen LogP contribution in [-0.4, -0.2) is 16.1 Å². The second-order valence-corrected chi connectivity index (χ2v) is 4.69. The van der Waals surface area contributed by atoms with Crippen LogP contribution in [0.5, 0.6) is 0 Å². The first kappa shape index (κ1) is 12.8. The minimum Gasteiger partial charge on any atom is -0.382 e. The molecule has 7 heteroatoms. The molecule has 0 saturated carbocycles. The molecule has 2 rings (SSSR count). The summed E-state index contributed by atoms with van der Waals surface area (Å²) in [7, 11) is 0. The normalized spacial score (nSPS) is 10.1. The van der Waals surface area contributed by atoms with Crippen LogP contribution >= 0.6 is 27.5 Å². The lowest BCUT2D eigenvalue weighted by molar-refractivity contribution is 0.102. The zero-order valence-electron chi connectivity index (χ0n) is 9.02. The van der Waals surface area contributed by atoms with E-state index >= 15 is 0 Å². The van der Waals surface area contributed by atoms with Gasteiger partial charge in [-0.1, -0.05) is 11.6 Å². The number of halogens is 2. The number of carbonyl (C=O) groups excluding carboxylic acids is 1. The van der Waals surface area contributed by atoms with Crippen LogP contribution in [0, 0.1) is 0 Å². The largest absolute Gasteiger partial charge is 0.382 e. The first-order valence-electron chi connectivity index (χ1n) is 4.92. The fraction of sp³-hybridized carbons (Fsp3) is 0. The van der Waals surface area contributed by atoms with Gasteiger partial charge in [0.15, 0.2) is 5.69 Å². The zero-order valence-corrected chi connectivity index (χ0v) is 11.4. The van der Waals surface area contributed by atoms with E-state index < -0.39 is 0 Å². The average Bonchev–Trinajstić information content (AvgIpc) is 2.34. The fourth-order valence-corrected chi connectivity index (χ4v) is 1.66. The molecule has 0 aliphatic heterocycles. The molecule has 18 heavy (non-hydrogen) atoms. The van der Waals surface area contributed by atoms with Crippen molar-refractivity contribution in [1.82, 2.24) is 10.2 Å². The highest BCUT2D eigenvalue weighted by Crippen LogP contribution is 2.25. The summed E-state index contributed by atoms with van der Waals surface area (Å²) < 4.78 is 0.759. The smallest absolute Gasteiger partial charge is 0.276 e. The number of hydrogen-bond donors (Lipinski definition) is 2. The molecule has 0 saturated heterocycles. The van der Waals surface area contributed by atoms with Crippen LogP contribution in [0.15, 0.2) is 34.8 Å². The quantitative estimate of drug-likeness (QED) is 0.888. The van der Waals surface area contributed by atoms with E-state index in [4.69, 9.17) is 17.3 Å². The fourth-order valence-electron chi connectivity index (χ4n) is 1.23. The molecule has 1 aromatic carbocycles. The number of nitrogen functional groups attached to an aromatic ring is 1. The topological polar surface area (TPSA) is 80.9 Å². The SMILES string of the molecule is Nc1ccc(C(=O)Nc2ccc(Br)c(Cl)c2)nn1. The first-order chi connectivity index (χ1) is 8.56. The van der Waals surface area contributed by atoms with Gasteiger partial charge in [-0.25, -0.2) is 0 Å². The number of benzene rings is 1. The second kappa shape index (κ2) is 5.32. The molecule has 5 nitrogen and oxygen atoms in total. The Balaban J connectivity index is 2.16. The molecular formula is C11H8BrClN4O. The predicted molar refractivity (Wildman–Crippen MR) is 73.5 cm³/mol. The Kier molecular flexibility index (Phi) is 3.78. The van der Waals surface area contributed by atoms with Crippen molar-refractivity contribution in [3.8, 4) is 0 Å². The second-order valence-electron chi connectivity index (χ2n) is 3.43. The number of rotatable bonds is 2. The molecule has 2 aromatic rings. The highest BCUT2D eigenvalue weighted by molar-refractivity contribution is 9.10. The summed E-state index contributed by atoms with van der Waals surface area (Å²) in [5, 5.41) is 10.5. The summed E-state index contributed by atoms with van der Waals surface area (Å²) >= 11 is 9.19. The molecular weight excluding hydrogens is 320 g/mol. The Labute approximate surface area is 116 Å². The molecule has 0 unspecified atom stereocenters. The lowest BCUT2D eigenvalue weighted by atomic mass is 10.3. The summed E-state index contributed by atoms with van der Waals surface area (Å²) in [5.41, 5.74) is 6.15. The lowest BCUT2D eigenvalue weighted by Gasteiger charge is -2.05. The Morgan fingerprint density at radius 2 is 2.06 bits per heavy atom. The summed E-state index contributed by atoms with van der Waals surface area (Å²) in [6, 6.07) is 8.11. The van der Waals surface area contributed by atoms with Crippen molar-refractivity contribution in [1.29, 1.82) is 0 Å². The minimum absolute atomic E-state index is 0.184. The zero-order chi connectivity index (χ0) is 13.1. The number of aromatic nitrogens is 2. The molecule has 0 radical (unpaired) electrons. The molecule has 1 heterocycles. The van der Waals surface area contributed by atoms with Crippen molar-refractivity contribution in [2.75, 3.05) is 11.1 Å². The Morgan fingerprint density at radius 3 is 2.67 bits per heavy atom. The van der Waals surface area contributed by atoms with Crippen molar-refractivity contribution in [2.45, 2.75) is 0 Å². The summed E-state index contributed by atoms with van der Waals surface area (Å²) in [6.07, 6.45) is 0. The van der Waals surface area contributed by atoms with Gasteiger partial charge in [0.1, 0.15) is 5.82 Å². The van der Waals surface area contributed by atoms with Gasteiger partial charge in [-0.15, -0.1) is 10.2 Å². The number of hydrogen-bond acceptors (Lipinski definition) is 4. The summed E-state index contributed by atoms with van der Waals surface area (Å²) in [6.45, 7) is 0. The van der Waals surface area contributed by atoms with Gasteiger partial charge in [0.05, 0.1) is 5.02 Å². The van der Waals surface area contributed by atoms with Crippen LogP contribution in [0.3, 0.4) is 0 Å².